The topological polar surface area (TPSA) is 127 Å². The van der Waals surface area contributed by atoms with Gasteiger partial charge < -0.3 is 15.4 Å². The van der Waals surface area contributed by atoms with Crippen molar-refractivity contribution >= 4 is 29.6 Å². The van der Waals surface area contributed by atoms with Crippen LogP contribution >= 0.6 is 11.8 Å². The summed E-state index contributed by atoms with van der Waals surface area (Å²) in [5, 5.41) is 17.2. The van der Waals surface area contributed by atoms with Gasteiger partial charge in [-0.25, -0.2) is 4.79 Å². The summed E-state index contributed by atoms with van der Waals surface area (Å²) in [6.45, 7) is 0. The van der Waals surface area contributed by atoms with E-state index < -0.39 is 6.03 Å². The van der Waals surface area contributed by atoms with Gasteiger partial charge >= 0.3 is 6.03 Å². The molecule has 4 rings (SSSR count). The van der Waals surface area contributed by atoms with E-state index in [1.807, 2.05) is 28.8 Å². The second kappa shape index (κ2) is 10.0. The minimum atomic E-state index is -0.514. The number of carbonyl (C=O) groups is 3. The van der Waals surface area contributed by atoms with Crippen LogP contribution in [0.25, 0.3) is 5.69 Å². The maximum Gasteiger partial charge on any atom is 0.321 e. The molecule has 170 valence electrons. The predicted octanol–water partition coefficient (Wildman–Crippen LogP) is 1.57. The number of ether oxygens (including phenoxy) is 1. The molecule has 10 nitrogen and oxygen atoms in total. The average Bonchev–Trinajstić information content (AvgIpc) is 3.41. The number of nitrogens with one attached hydrogen (secondary N) is 3. The SMILES string of the molecule is COc1ccc(-n2c(CC3CC(=O)NC(=O)N3)nnc2SCC(=O)NC2CCCC2)cc1. The fourth-order valence-corrected chi connectivity index (χ4v) is 4.79. The molecule has 1 aliphatic heterocycles. The molecule has 1 aromatic carbocycles. The van der Waals surface area contributed by atoms with Gasteiger partial charge in [-0.1, -0.05) is 24.6 Å². The van der Waals surface area contributed by atoms with Crippen molar-refractivity contribution in [2.45, 2.75) is 55.8 Å². The van der Waals surface area contributed by atoms with Crippen molar-refractivity contribution in [3.05, 3.63) is 30.1 Å². The highest BCUT2D eigenvalue weighted by Crippen LogP contribution is 2.25. The number of carbonyl (C=O) groups excluding carboxylic acids is 3. The molecule has 2 fully saturated rings. The van der Waals surface area contributed by atoms with E-state index in [2.05, 4.69) is 26.1 Å². The highest BCUT2D eigenvalue weighted by Gasteiger charge is 2.27. The monoisotopic (exact) mass is 458 g/mol. The van der Waals surface area contributed by atoms with Crippen molar-refractivity contribution in [2.75, 3.05) is 12.9 Å². The number of hydrogen-bond acceptors (Lipinski definition) is 7. The summed E-state index contributed by atoms with van der Waals surface area (Å²) >= 11 is 1.31. The summed E-state index contributed by atoms with van der Waals surface area (Å²) in [5.41, 5.74) is 0.802. The number of hydrogen-bond donors (Lipinski definition) is 3. The number of thioether (sulfide) groups is 1. The number of urea groups is 1. The summed E-state index contributed by atoms with van der Waals surface area (Å²) in [4.78, 5) is 35.8. The van der Waals surface area contributed by atoms with Crippen molar-refractivity contribution in [2.24, 2.45) is 0 Å². The fourth-order valence-electron chi connectivity index (χ4n) is 4.00. The number of aromatic nitrogens is 3. The number of amides is 4. The molecule has 1 aliphatic carbocycles. The van der Waals surface area contributed by atoms with Crippen LogP contribution in [0.15, 0.2) is 29.4 Å². The minimum absolute atomic E-state index is 0.0241. The van der Waals surface area contributed by atoms with Crippen LogP contribution in [0, 0.1) is 0 Å². The van der Waals surface area contributed by atoms with E-state index >= 15 is 0 Å². The molecular formula is C21H26N6O4S. The van der Waals surface area contributed by atoms with Crippen LogP contribution in [0.4, 0.5) is 4.79 Å². The lowest BCUT2D eigenvalue weighted by Gasteiger charge is -2.23. The number of nitrogens with zero attached hydrogens (tertiary/aromatic N) is 3. The molecule has 2 heterocycles. The van der Waals surface area contributed by atoms with Gasteiger partial charge in [-0.15, -0.1) is 10.2 Å². The molecule has 2 aliphatic rings. The first-order chi connectivity index (χ1) is 15.5. The smallest absolute Gasteiger partial charge is 0.321 e. The number of imide groups is 1. The summed E-state index contributed by atoms with van der Waals surface area (Å²) in [6, 6.07) is 6.77. The Balaban J connectivity index is 1.52. The van der Waals surface area contributed by atoms with Gasteiger partial charge in [-0.3, -0.25) is 19.5 Å². The molecular weight excluding hydrogens is 432 g/mol. The zero-order chi connectivity index (χ0) is 22.5. The molecule has 1 unspecified atom stereocenters. The van der Waals surface area contributed by atoms with Crippen molar-refractivity contribution in [1.29, 1.82) is 0 Å². The summed E-state index contributed by atoms with van der Waals surface area (Å²) in [5.74, 6) is 1.18. The lowest BCUT2D eigenvalue weighted by molar-refractivity contribution is -0.121. The number of methoxy groups -OCH3 is 1. The average molecular weight is 459 g/mol. The van der Waals surface area contributed by atoms with Gasteiger partial charge in [-0.2, -0.15) is 0 Å². The van der Waals surface area contributed by atoms with Crippen molar-refractivity contribution < 1.29 is 19.1 Å². The Morgan fingerprint density at radius 2 is 1.97 bits per heavy atom. The van der Waals surface area contributed by atoms with Gasteiger partial charge in [0.15, 0.2) is 5.16 Å². The van der Waals surface area contributed by atoms with E-state index in [0.29, 0.717) is 23.2 Å². The van der Waals surface area contributed by atoms with Gasteiger partial charge in [-0.05, 0) is 37.1 Å². The van der Waals surface area contributed by atoms with Gasteiger partial charge in [0.05, 0.1) is 12.9 Å². The van der Waals surface area contributed by atoms with Crippen LogP contribution in [0.1, 0.15) is 37.9 Å². The maximum atomic E-state index is 12.4. The second-order valence-electron chi connectivity index (χ2n) is 7.90. The summed E-state index contributed by atoms with van der Waals surface area (Å²) < 4.78 is 7.10. The van der Waals surface area contributed by atoms with Crippen molar-refractivity contribution in [3.63, 3.8) is 0 Å². The zero-order valence-corrected chi connectivity index (χ0v) is 18.6. The molecule has 1 aromatic heterocycles. The van der Waals surface area contributed by atoms with Gasteiger partial charge in [0.1, 0.15) is 11.6 Å². The molecule has 1 atom stereocenters. The van der Waals surface area contributed by atoms with Crippen molar-refractivity contribution in [1.82, 2.24) is 30.7 Å². The highest BCUT2D eigenvalue weighted by atomic mass is 32.2. The van der Waals surface area contributed by atoms with Crippen LogP contribution in [-0.4, -0.2) is 57.6 Å². The van der Waals surface area contributed by atoms with E-state index in [1.165, 1.54) is 11.8 Å². The molecule has 1 saturated carbocycles. The number of benzene rings is 1. The molecule has 1 saturated heterocycles. The first-order valence-electron chi connectivity index (χ1n) is 10.6. The predicted molar refractivity (Wildman–Crippen MR) is 118 cm³/mol. The van der Waals surface area contributed by atoms with Gasteiger partial charge in [0.2, 0.25) is 11.8 Å². The molecule has 11 heteroatoms. The van der Waals surface area contributed by atoms with Crippen LogP contribution in [0.5, 0.6) is 5.75 Å². The van der Waals surface area contributed by atoms with E-state index in [-0.39, 0.29) is 36.1 Å². The standard InChI is InChI=1S/C21H26N6O4S/c1-31-16-8-6-15(7-9-16)27-17(10-14-11-18(28)24-20(30)23-14)25-26-21(27)32-12-19(29)22-13-4-2-3-5-13/h6-9,13-14H,2-5,10-12H2,1H3,(H,22,29)(H2,23,24,28,30). The van der Waals surface area contributed by atoms with E-state index in [0.717, 1.165) is 31.4 Å². The van der Waals surface area contributed by atoms with Crippen molar-refractivity contribution in [3.8, 4) is 11.4 Å². The van der Waals surface area contributed by atoms with Crippen LogP contribution < -0.4 is 20.7 Å². The Morgan fingerprint density at radius 1 is 1.22 bits per heavy atom. The van der Waals surface area contributed by atoms with Gasteiger partial charge in [0.25, 0.3) is 0 Å². The van der Waals surface area contributed by atoms with E-state index in [9.17, 15) is 14.4 Å². The maximum absolute atomic E-state index is 12.4. The van der Waals surface area contributed by atoms with Crippen LogP contribution in [-0.2, 0) is 16.0 Å². The molecule has 0 radical (unpaired) electrons. The highest BCUT2D eigenvalue weighted by molar-refractivity contribution is 7.99. The second-order valence-corrected chi connectivity index (χ2v) is 8.84. The molecule has 4 amide bonds. The van der Waals surface area contributed by atoms with Gasteiger partial charge in [0, 0.05) is 30.6 Å². The quantitative estimate of drug-likeness (QED) is 0.512. The Bertz CT molecular complexity index is 971. The number of rotatable bonds is 8. The third-order valence-corrected chi connectivity index (χ3v) is 6.46. The Hall–Kier alpha value is -3.08. The van der Waals surface area contributed by atoms with E-state index in [4.69, 9.17) is 4.74 Å². The Kier molecular flexibility index (Phi) is 6.93. The summed E-state index contributed by atoms with van der Waals surface area (Å²) in [7, 11) is 1.60. The van der Waals surface area contributed by atoms with Crippen LogP contribution in [0.3, 0.4) is 0 Å². The lowest BCUT2D eigenvalue weighted by Crippen LogP contribution is -2.53. The zero-order valence-electron chi connectivity index (χ0n) is 17.8. The first kappa shape index (κ1) is 22.1. The first-order valence-corrected chi connectivity index (χ1v) is 11.6. The molecule has 2 aromatic rings. The van der Waals surface area contributed by atoms with Crippen LogP contribution in [0.2, 0.25) is 0 Å². The van der Waals surface area contributed by atoms with E-state index in [1.54, 1.807) is 7.11 Å². The third kappa shape index (κ3) is 5.39. The fraction of sp³-hybridized carbons (Fsp3) is 0.476. The Morgan fingerprint density at radius 3 is 2.66 bits per heavy atom. The Labute approximate surface area is 189 Å². The molecule has 0 bridgehead atoms. The normalized spacial score (nSPS) is 18.8. The summed E-state index contributed by atoms with van der Waals surface area (Å²) in [6.07, 6.45) is 4.86. The third-order valence-electron chi connectivity index (χ3n) is 5.53. The molecule has 0 spiro atoms. The molecule has 32 heavy (non-hydrogen) atoms. The lowest BCUT2D eigenvalue weighted by atomic mass is 10.1. The largest absolute Gasteiger partial charge is 0.497 e. The molecule has 3 N–H and O–H groups in total. The minimum Gasteiger partial charge on any atom is -0.497 e.